The van der Waals surface area contributed by atoms with Gasteiger partial charge < -0.3 is 0 Å². The molecular weight excluding hydrogens is 156 g/mol. The minimum atomic E-state index is -1.14. The van der Waals surface area contributed by atoms with Crippen LogP contribution in [-0.2, 0) is 0 Å². The SMILES string of the molecule is N#CC(C#N)=NNC(C#N)C#N. The number of hydrazone groups is 1. The van der Waals surface area contributed by atoms with Crippen molar-refractivity contribution in [1.82, 2.24) is 5.43 Å². The zero-order chi connectivity index (χ0) is 9.40. The van der Waals surface area contributed by atoms with Gasteiger partial charge >= 0.3 is 0 Å². The molecule has 6 heteroatoms. The molecule has 0 saturated heterocycles. The molecule has 0 aromatic carbocycles. The molecule has 56 valence electrons. The van der Waals surface area contributed by atoms with E-state index in [2.05, 4.69) is 5.10 Å². The monoisotopic (exact) mass is 158 g/mol. The molecule has 0 aliphatic carbocycles. The molecule has 0 amide bonds. The average Bonchev–Trinajstić information content (AvgIpc) is 2.13. The van der Waals surface area contributed by atoms with Crippen molar-refractivity contribution in [1.29, 1.82) is 21.0 Å². The first-order valence-electron chi connectivity index (χ1n) is 2.71. The van der Waals surface area contributed by atoms with Crippen molar-refractivity contribution in [3.63, 3.8) is 0 Å². The molecule has 0 fully saturated rings. The van der Waals surface area contributed by atoms with Crippen molar-refractivity contribution in [2.45, 2.75) is 6.04 Å². The Kier molecular flexibility index (Phi) is 4.11. The molecule has 0 bridgehead atoms. The molecule has 12 heavy (non-hydrogen) atoms. The van der Waals surface area contributed by atoms with Crippen molar-refractivity contribution in [3.05, 3.63) is 0 Å². The highest BCUT2D eigenvalue weighted by atomic mass is 15.3. The lowest BCUT2D eigenvalue weighted by molar-refractivity contribution is 0.743. The second-order valence-electron chi connectivity index (χ2n) is 1.50. The summed E-state index contributed by atoms with van der Waals surface area (Å²) < 4.78 is 0. The fourth-order valence-corrected chi connectivity index (χ4v) is 0.291. The van der Waals surface area contributed by atoms with Gasteiger partial charge in [-0.3, -0.25) is 5.43 Å². The second kappa shape index (κ2) is 5.23. The first-order valence-corrected chi connectivity index (χ1v) is 2.71. The highest BCUT2D eigenvalue weighted by Gasteiger charge is 2.01. The summed E-state index contributed by atoms with van der Waals surface area (Å²) in [6.45, 7) is 0. The first-order chi connectivity index (χ1) is 5.78. The largest absolute Gasteiger partial charge is 0.277 e. The van der Waals surface area contributed by atoms with Crippen LogP contribution in [-0.4, -0.2) is 11.8 Å². The number of rotatable bonds is 2. The minimum absolute atomic E-state index is 0.425. The lowest BCUT2D eigenvalue weighted by atomic mass is 10.4. The zero-order valence-electron chi connectivity index (χ0n) is 5.81. The normalized spacial score (nSPS) is 6.75. The summed E-state index contributed by atoms with van der Waals surface area (Å²) in [5, 5.41) is 36.0. The topological polar surface area (TPSA) is 120 Å². The number of nitrogens with zero attached hydrogens (tertiary/aromatic N) is 5. The van der Waals surface area contributed by atoms with E-state index in [9.17, 15) is 0 Å². The predicted octanol–water partition coefficient (Wildman–Crippen LogP) is -0.605. The van der Waals surface area contributed by atoms with Gasteiger partial charge in [0.05, 0.1) is 0 Å². The van der Waals surface area contributed by atoms with Crippen LogP contribution in [0.3, 0.4) is 0 Å². The molecule has 0 aromatic heterocycles. The van der Waals surface area contributed by atoms with Crippen LogP contribution in [0.1, 0.15) is 0 Å². The molecule has 0 aliphatic heterocycles. The fraction of sp³-hybridized carbons (Fsp3) is 0.167. The Morgan fingerprint density at radius 1 is 1.08 bits per heavy atom. The summed E-state index contributed by atoms with van der Waals surface area (Å²) in [5.41, 5.74) is 1.62. The Bertz CT molecular complexity index is 310. The van der Waals surface area contributed by atoms with Crippen molar-refractivity contribution in [2.75, 3.05) is 0 Å². The summed E-state index contributed by atoms with van der Waals surface area (Å²) in [7, 11) is 0. The fourth-order valence-electron chi connectivity index (χ4n) is 0.291. The van der Waals surface area contributed by atoms with E-state index in [1.54, 1.807) is 12.1 Å². The quantitative estimate of drug-likeness (QED) is 0.424. The van der Waals surface area contributed by atoms with E-state index in [-0.39, 0.29) is 0 Å². The maximum Gasteiger partial charge on any atom is 0.236 e. The summed E-state index contributed by atoms with van der Waals surface area (Å²) in [6, 6.07) is 4.90. The van der Waals surface area contributed by atoms with Gasteiger partial charge in [-0.1, -0.05) is 0 Å². The molecule has 0 spiro atoms. The molecule has 0 saturated carbocycles. The van der Waals surface area contributed by atoms with Crippen LogP contribution in [0.2, 0.25) is 0 Å². The summed E-state index contributed by atoms with van der Waals surface area (Å²) in [4.78, 5) is 0. The van der Waals surface area contributed by atoms with Gasteiger partial charge in [-0.05, 0) is 0 Å². The smallest absolute Gasteiger partial charge is 0.236 e. The molecule has 1 N–H and O–H groups in total. The molecule has 6 nitrogen and oxygen atoms in total. The number of hydrogen-bond acceptors (Lipinski definition) is 6. The average molecular weight is 158 g/mol. The van der Waals surface area contributed by atoms with E-state index in [1.807, 2.05) is 5.43 Å². The van der Waals surface area contributed by atoms with Crippen LogP contribution in [0.5, 0.6) is 0 Å². The van der Waals surface area contributed by atoms with Gasteiger partial charge in [0.2, 0.25) is 11.8 Å². The first kappa shape index (κ1) is 9.43. The van der Waals surface area contributed by atoms with Gasteiger partial charge in [0, 0.05) is 0 Å². The van der Waals surface area contributed by atoms with Gasteiger partial charge in [-0.15, -0.1) is 0 Å². The molecule has 0 rings (SSSR count). The van der Waals surface area contributed by atoms with Gasteiger partial charge in [0.15, 0.2) is 0 Å². The lowest BCUT2D eigenvalue weighted by Crippen LogP contribution is -2.21. The van der Waals surface area contributed by atoms with Crippen molar-refractivity contribution >= 4 is 5.71 Å². The molecule has 0 unspecified atom stereocenters. The van der Waals surface area contributed by atoms with E-state index in [4.69, 9.17) is 21.0 Å². The van der Waals surface area contributed by atoms with Crippen molar-refractivity contribution < 1.29 is 0 Å². The predicted molar refractivity (Wildman–Crippen MR) is 36.8 cm³/mol. The number of nitriles is 4. The highest BCUT2D eigenvalue weighted by Crippen LogP contribution is 1.77. The Morgan fingerprint density at radius 2 is 1.58 bits per heavy atom. The van der Waals surface area contributed by atoms with Crippen molar-refractivity contribution in [3.8, 4) is 24.3 Å². The highest BCUT2D eigenvalue weighted by molar-refractivity contribution is 6.10. The Balaban J connectivity index is 4.28. The van der Waals surface area contributed by atoms with E-state index in [0.717, 1.165) is 0 Å². The molecule has 0 heterocycles. The van der Waals surface area contributed by atoms with Gasteiger partial charge in [0.25, 0.3) is 0 Å². The standard InChI is InChI=1S/C6H2N6/c7-1-5(2-8)11-12-6(3-9)4-10/h5,11H. The van der Waals surface area contributed by atoms with Crippen LogP contribution < -0.4 is 5.43 Å². The molecule has 0 aliphatic rings. The van der Waals surface area contributed by atoms with Gasteiger partial charge in [0.1, 0.15) is 24.3 Å². The number of nitrogens with one attached hydrogen (secondary N) is 1. The maximum atomic E-state index is 8.21. The third-order valence-corrected chi connectivity index (χ3v) is 0.775. The molecule has 0 aromatic rings. The molecular formula is C6H2N6. The minimum Gasteiger partial charge on any atom is -0.277 e. The van der Waals surface area contributed by atoms with Crippen LogP contribution in [0.15, 0.2) is 5.10 Å². The van der Waals surface area contributed by atoms with E-state index >= 15 is 0 Å². The Morgan fingerprint density at radius 3 is 1.92 bits per heavy atom. The van der Waals surface area contributed by atoms with Gasteiger partial charge in [-0.25, -0.2) is 0 Å². The van der Waals surface area contributed by atoms with E-state index in [0.29, 0.717) is 0 Å². The van der Waals surface area contributed by atoms with Crippen molar-refractivity contribution in [2.24, 2.45) is 5.10 Å². The third kappa shape index (κ3) is 2.82. The Hall–Kier alpha value is -2.57. The van der Waals surface area contributed by atoms with E-state index < -0.39 is 11.8 Å². The maximum absolute atomic E-state index is 8.21. The van der Waals surface area contributed by atoms with Crippen LogP contribution in [0, 0.1) is 45.3 Å². The lowest BCUT2D eigenvalue weighted by Gasteiger charge is -1.94. The third-order valence-electron chi connectivity index (χ3n) is 0.775. The summed E-state index contributed by atoms with van der Waals surface area (Å²) in [5.74, 6) is 0. The summed E-state index contributed by atoms with van der Waals surface area (Å²) >= 11 is 0. The number of hydrogen-bond donors (Lipinski definition) is 1. The Labute approximate surface area is 68.5 Å². The molecule has 0 radical (unpaired) electrons. The van der Waals surface area contributed by atoms with Crippen LogP contribution >= 0.6 is 0 Å². The second-order valence-corrected chi connectivity index (χ2v) is 1.50. The summed E-state index contributed by atoms with van der Waals surface area (Å²) in [6.07, 6.45) is 0. The van der Waals surface area contributed by atoms with Crippen LogP contribution in [0.25, 0.3) is 0 Å². The van der Waals surface area contributed by atoms with E-state index in [1.165, 1.54) is 12.1 Å². The molecule has 0 atom stereocenters. The van der Waals surface area contributed by atoms with Crippen LogP contribution in [0.4, 0.5) is 0 Å². The van der Waals surface area contributed by atoms with Gasteiger partial charge in [-0.2, -0.15) is 26.1 Å². The zero-order valence-corrected chi connectivity index (χ0v) is 5.81.